The van der Waals surface area contributed by atoms with E-state index in [2.05, 4.69) is 9.71 Å². The monoisotopic (exact) mass is 491 g/mol. The fourth-order valence-corrected chi connectivity index (χ4v) is 4.71. The lowest BCUT2D eigenvalue weighted by Gasteiger charge is -2.17. The molecule has 1 aliphatic rings. The summed E-state index contributed by atoms with van der Waals surface area (Å²) in [5.74, 6) is -1.27. The molecule has 0 fully saturated rings. The Kier molecular flexibility index (Phi) is 5.77. The first-order chi connectivity index (χ1) is 16.0. The minimum Gasteiger partial charge on any atom is -0.495 e. The molecule has 0 saturated carbocycles. The molecular formula is C22H16F3N3O5S. The Bertz CT molecular complexity index is 1370. The van der Waals surface area contributed by atoms with Gasteiger partial charge in [-0.25, -0.2) is 8.42 Å². The first kappa shape index (κ1) is 23.2. The molecule has 0 radical (unpaired) electrons. The van der Waals surface area contributed by atoms with Crippen LogP contribution in [-0.4, -0.2) is 37.2 Å². The third-order valence-electron chi connectivity index (χ3n) is 5.03. The van der Waals surface area contributed by atoms with E-state index in [9.17, 15) is 31.2 Å². The summed E-state index contributed by atoms with van der Waals surface area (Å²) in [5.41, 5.74) is -0.902. The largest absolute Gasteiger partial charge is 0.495 e. The predicted molar refractivity (Wildman–Crippen MR) is 114 cm³/mol. The number of ether oxygens (including phenoxy) is 1. The number of aromatic nitrogens is 1. The summed E-state index contributed by atoms with van der Waals surface area (Å²) in [5, 5.41) is 0. The zero-order valence-electron chi connectivity index (χ0n) is 17.5. The van der Waals surface area contributed by atoms with Crippen molar-refractivity contribution in [1.29, 1.82) is 0 Å². The summed E-state index contributed by atoms with van der Waals surface area (Å²) < 4.78 is 72.2. The molecule has 1 aromatic heterocycles. The van der Waals surface area contributed by atoms with Crippen LogP contribution in [-0.2, 0) is 22.7 Å². The fourth-order valence-electron chi connectivity index (χ4n) is 3.44. The van der Waals surface area contributed by atoms with Gasteiger partial charge in [0.05, 0.1) is 24.8 Å². The zero-order chi connectivity index (χ0) is 24.7. The molecule has 0 unspecified atom stereocenters. The molecule has 0 spiro atoms. The van der Waals surface area contributed by atoms with Crippen LogP contribution in [0.2, 0.25) is 0 Å². The van der Waals surface area contributed by atoms with Gasteiger partial charge in [0.25, 0.3) is 21.8 Å². The number of alkyl halides is 3. The Morgan fingerprint density at radius 2 is 1.79 bits per heavy atom. The van der Waals surface area contributed by atoms with Gasteiger partial charge in [0, 0.05) is 11.9 Å². The summed E-state index contributed by atoms with van der Waals surface area (Å²) >= 11 is 0. The Balaban J connectivity index is 1.64. The highest BCUT2D eigenvalue weighted by Gasteiger charge is 2.37. The molecule has 0 atom stereocenters. The summed E-state index contributed by atoms with van der Waals surface area (Å²) in [4.78, 5) is 29.6. The molecule has 2 aromatic carbocycles. The highest BCUT2D eigenvalue weighted by Crippen LogP contribution is 2.33. The number of fused-ring (bicyclic) bond motifs is 1. The van der Waals surface area contributed by atoms with Crippen molar-refractivity contribution in [2.24, 2.45) is 0 Å². The number of nitrogens with zero attached hydrogens (tertiary/aromatic N) is 2. The second-order valence-electron chi connectivity index (χ2n) is 7.27. The fraction of sp³-hybridized carbons (Fsp3) is 0.136. The Morgan fingerprint density at radius 1 is 1.03 bits per heavy atom. The maximum atomic E-state index is 13.0. The van der Waals surface area contributed by atoms with Gasteiger partial charge < -0.3 is 4.74 Å². The van der Waals surface area contributed by atoms with Crippen LogP contribution in [0.4, 0.5) is 18.9 Å². The smallest absolute Gasteiger partial charge is 0.416 e. The Labute approximate surface area is 192 Å². The normalized spacial score (nSPS) is 13.7. The van der Waals surface area contributed by atoms with Crippen molar-refractivity contribution < 1.29 is 35.9 Å². The first-order valence-electron chi connectivity index (χ1n) is 9.69. The maximum Gasteiger partial charge on any atom is 0.416 e. The number of carbonyl (C=O) groups is 2. The van der Waals surface area contributed by atoms with Crippen LogP contribution in [0.1, 0.15) is 32.0 Å². The number of anilines is 1. The van der Waals surface area contributed by atoms with E-state index in [1.165, 1.54) is 49.7 Å². The molecule has 1 aliphatic heterocycles. The highest BCUT2D eigenvalue weighted by atomic mass is 32.2. The maximum absolute atomic E-state index is 13.0. The van der Waals surface area contributed by atoms with Gasteiger partial charge in [-0.2, -0.15) is 13.2 Å². The van der Waals surface area contributed by atoms with Crippen LogP contribution >= 0.6 is 0 Å². The second kappa shape index (κ2) is 8.45. The summed E-state index contributed by atoms with van der Waals surface area (Å²) in [6, 6.07) is 10.7. The van der Waals surface area contributed by atoms with Crippen molar-refractivity contribution in [2.45, 2.75) is 17.6 Å². The number of carbonyl (C=O) groups excluding carboxylic acids is 2. The molecule has 8 nitrogen and oxygen atoms in total. The van der Waals surface area contributed by atoms with Crippen LogP contribution in [0.25, 0.3) is 0 Å². The number of rotatable bonds is 6. The molecule has 34 heavy (non-hydrogen) atoms. The molecule has 3 aromatic rings. The van der Waals surface area contributed by atoms with E-state index in [1.807, 2.05) is 0 Å². The zero-order valence-corrected chi connectivity index (χ0v) is 18.3. The van der Waals surface area contributed by atoms with E-state index in [1.54, 1.807) is 0 Å². The molecule has 12 heteroatoms. The van der Waals surface area contributed by atoms with Crippen LogP contribution in [0.15, 0.2) is 65.7 Å². The SMILES string of the molecule is COc1ccc(CN2C(=O)c3cccnc3C2=O)cc1S(=O)(=O)Nc1cccc(C(F)(F)F)c1. The lowest BCUT2D eigenvalue weighted by atomic mass is 10.2. The van der Waals surface area contributed by atoms with Crippen LogP contribution in [0.3, 0.4) is 0 Å². The third kappa shape index (κ3) is 4.31. The van der Waals surface area contributed by atoms with Gasteiger partial charge >= 0.3 is 6.18 Å². The molecule has 2 amide bonds. The van der Waals surface area contributed by atoms with Crippen LogP contribution in [0.5, 0.6) is 5.75 Å². The number of imide groups is 1. The van der Waals surface area contributed by atoms with Crippen molar-refractivity contribution in [1.82, 2.24) is 9.88 Å². The number of benzene rings is 2. The average molecular weight is 491 g/mol. The third-order valence-corrected chi connectivity index (χ3v) is 6.43. The molecule has 2 heterocycles. The van der Waals surface area contributed by atoms with E-state index < -0.39 is 33.6 Å². The summed E-state index contributed by atoms with van der Waals surface area (Å²) in [7, 11) is -3.17. The lowest BCUT2D eigenvalue weighted by molar-refractivity contribution is -0.137. The van der Waals surface area contributed by atoms with Gasteiger partial charge in [-0.05, 0) is 48.0 Å². The minimum atomic E-state index is -4.65. The average Bonchev–Trinajstić information content (AvgIpc) is 3.03. The predicted octanol–water partition coefficient (Wildman–Crippen LogP) is 3.71. The molecule has 0 saturated heterocycles. The molecule has 0 bridgehead atoms. The lowest BCUT2D eigenvalue weighted by Crippen LogP contribution is -2.29. The number of hydrogen-bond acceptors (Lipinski definition) is 6. The number of sulfonamides is 1. The van der Waals surface area contributed by atoms with E-state index in [0.29, 0.717) is 6.07 Å². The highest BCUT2D eigenvalue weighted by molar-refractivity contribution is 7.92. The van der Waals surface area contributed by atoms with Crippen molar-refractivity contribution >= 4 is 27.5 Å². The second-order valence-corrected chi connectivity index (χ2v) is 8.92. The number of methoxy groups -OCH3 is 1. The van der Waals surface area contributed by atoms with Gasteiger partial charge in [-0.1, -0.05) is 12.1 Å². The quantitative estimate of drug-likeness (QED) is 0.527. The van der Waals surface area contributed by atoms with Crippen molar-refractivity contribution in [3.8, 4) is 5.75 Å². The van der Waals surface area contributed by atoms with E-state index in [0.717, 1.165) is 17.0 Å². The van der Waals surface area contributed by atoms with Crippen molar-refractivity contribution in [2.75, 3.05) is 11.8 Å². The summed E-state index contributed by atoms with van der Waals surface area (Å²) in [6.07, 6.45) is -3.27. The number of pyridine rings is 1. The molecule has 4 rings (SSSR count). The van der Waals surface area contributed by atoms with E-state index >= 15 is 0 Å². The minimum absolute atomic E-state index is 0.0000646. The van der Waals surface area contributed by atoms with Gasteiger partial charge in [0.15, 0.2) is 0 Å². The number of halogens is 3. The molecule has 176 valence electrons. The molecular weight excluding hydrogens is 475 g/mol. The molecule has 0 aliphatic carbocycles. The van der Waals surface area contributed by atoms with Gasteiger partial charge in [0.1, 0.15) is 16.3 Å². The Morgan fingerprint density at radius 3 is 2.47 bits per heavy atom. The van der Waals surface area contributed by atoms with Crippen molar-refractivity contribution in [3.05, 3.63) is 83.2 Å². The van der Waals surface area contributed by atoms with Crippen LogP contribution < -0.4 is 9.46 Å². The number of hydrogen-bond donors (Lipinski definition) is 1. The van der Waals surface area contributed by atoms with Gasteiger partial charge in [0.2, 0.25) is 0 Å². The van der Waals surface area contributed by atoms with E-state index in [-0.39, 0.29) is 39.7 Å². The Hall–Kier alpha value is -3.93. The topological polar surface area (TPSA) is 106 Å². The van der Waals surface area contributed by atoms with Crippen LogP contribution in [0, 0.1) is 0 Å². The van der Waals surface area contributed by atoms with Gasteiger partial charge in [-0.3, -0.25) is 24.2 Å². The number of amides is 2. The standard InChI is InChI=1S/C22H16F3N3O5S/c1-33-17-8-7-13(12-28-20(29)16-6-3-9-26-19(16)21(28)30)10-18(17)34(31,32)27-15-5-2-4-14(11-15)22(23,24)25/h2-11,27H,12H2,1H3. The van der Waals surface area contributed by atoms with Crippen molar-refractivity contribution in [3.63, 3.8) is 0 Å². The summed E-state index contributed by atoms with van der Waals surface area (Å²) in [6.45, 7) is -0.246. The molecule has 1 N–H and O–H groups in total. The van der Waals surface area contributed by atoms with Gasteiger partial charge in [-0.15, -0.1) is 0 Å². The first-order valence-corrected chi connectivity index (χ1v) is 11.2. The number of nitrogens with one attached hydrogen (secondary N) is 1. The van der Waals surface area contributed by atoms with E-state index in [4.69, 9.17) is 4.74 Å².